The standard InChI is InChI=1S/C22H23FN4O4/c1-26(30)22(29)19-9-17-18(21(28)25-10-16-3-2-8-31-16)13-27(20(17)11-24-19)12-14-4-6-15(23)7-5-14/h4-7,9,11,13,16,30H,2-3,8,10,12H2,1H3,(H,25,28)/t16-/m0/s1. The minimum atomic E-state index is -0.682. The van der Waals surface area contributed by atoms with Gasteiger partial charge in [0, 0.05) is 38.3 Å². The van der Waals surface area contributed by atoms with Crippen LogP contribution in [-0.4, -0.2) is 57.9 Å². The quantitative estimate of drug-likeness (QED) is 0.467. The minimum absolute atomic E-state index is 0.00152. The molecule has 0 saturated carbocycles. The fraction of sp³-hybridized carbons (Fsp3) is 0.318. The Kier molecular flexibility index (Phi) is 5.97. The lowest BCUT2D eigenvalue weighted by molar-refractivity contribution is -0.0379. The summed E-state index contributed by atoms with van der Waals surface area (Å²) in [5, 5.41) is 13.3. The Morgan fingerprint density at radius 2 is 2.13 bits per heavy atom. The molecule has 2 amide bonds. The first-order valence-electron chi connectivity index (χ1n) is 10.0. The molecule has 1 atom stereocenters. The second-order valence-electron chi connectivity index (χ2n) is 7.56. The van der Waals surface area contributed by atoms with Crippen molar-refractivity contribution in [2.24, 2.45) is 0 Å². The van der Waals surface area contributed by atoms with Gasteiger partial charge >= 0.3 is 0 Å². The molecule has 0 unspecified atom stereocenters. The highest BCUT2D eigenvalue weighted by Crippen LogP contribution is 2.24. The Balaban J connectivity index is 1.68. The van der Waals surface area contributed by atoms with Crippen LogP contribution in [-0.2, 0) is 11.3 Å². The van der Waals surface area contributed by atoms with E-state index in [0.717, 1.165) is 18.4 Å². The van der Waals surface area contributed by atoms with Crippen LogP contribution in [0.4, 0.5) is 4.39 Å². The summed E-state index contributed by atoms with van der Waals surface area (Å²) in [4.78, 5) is 29.2. The smallest absolute Gasteiger partial charge is 0.295 e. The topological polar surface area (TPSA) is 96.7 Å². The first-order valence-corrected chi connectivity index (χ1v) is 10.0. The van der Waals surface area contributed by atoms with Crippen LogP contribution >= 0.6 is 0 Å². The number of carbonyl (C=O) groups is 2. The van der Waals surface area contributed by atoms with Gasteiger partial charge in [0.25, 0.3) is 11.8 Å². The number of fused-ring (bicyclic) bond motifs is 1. The first kappa shape index (κ1) is 21.0. The molecule has 1 aliphatic heterocycles. The lowest BCUT2D eigenvalue weighted by Gasteiger charge is -2.10. The minimum Gasteiger partial charge on any atom is -0.376 e. The molecule has 0 radical (unpaired) electrons. The normalized spacial score (nSPS) is 15.9. The number of ether oxygens (including phenoxy) is 1. The number of nitrogens with zero attached hydrogens (tertiary/aromatic N) is 3. The van der Waals surface area contributed by atoms with Crippen LogP contribution in [0.15, 0.2) is 42.7 Å². The molecular formula is C22H23FN4O4. The monoisotopic (exact) mass is 426 g/mol. The SMILES string of the molecule is CN(O)C(=O)c1cc2c(C(=O)NC[C@@H]3CCCO3)cn(Cc3ccc(F)cc3)c2cn1. The number of halogens is 1. The Bertz CT molecular complexity index is 1100. The fourth-order valence-electron chi connectivity index (χ4n) is 3.68. The molecule has 3 heterocycles. The van der Waals surface area contributed by atoms with E-state index in [1.165, 1.54) is 31.4 Å². The maximum atomic E-state index is 13.3. The van der Waals surface area contributed by atoms with E-state index in [0.29, 0.717) is 41.2 Å². The highest BCUT2D eigenvalue weighted by molar-refractivity contribution is 6.08. The Morgan fingerprint density at radius 3 is 2.81 bits per heavy atom. The predicted octanol–water partition coefficient (Wildman–Crippen LogP) is 2.59. The fourth-order valence-corrected chi connectivity index (χ4v) is 3.68. The zero-order chi connectivity index (χ0) is 22.0. The van der Waals surface area contributed by atoms with Gasteiger partial charge in [-0.3, -0.25) is 14.8 Å². The zero-order valence-corrected chi connectivity index (χ0v) is 17.0. The Hall–Kier alpha value is -3.30. The number of benzene rings is 1. The number of hydrogen-bond donors (Lipinski definition) is 2. The van der Waals surface area contributed by atoms with Crippen molar-refractivity contribution in [2.75, 3.05) is 20.2 Å². The van der Waals surface area contributed by atoms with Gasteiger partial charge in [0.05, 0.1) is 23.4 Å². The molecule has 9 heteroatoms. The van der Waals surface area contributed by atoms with Crippen molar-refractivity contribution in [2.45, 2.75) is 25.5 Å². The third-order valence-electron chi connectivity index (χ3n) is 5.31. The number of carbonyl (C=O) groups excluding carboxylic acids is 2. The van der Waals surface area contributed by atoms with Gasteiger partial charge < -0.3 is 14.6 Å². The molecule has 1 fully saturated rings. The predicted molar refractivity (Wildman–Crippen MR) is 110 cm³/mol. The lowest BCUT2D eigenvalue weighted by Crippen LogP contribution is -2.31. The van der Waals surface area contributed by atoms with Gasteiger partial charge in [-0.05, 0) is 36.6 Å². The summed E-state index contributed by atoms with van der Waals surface area (Å²) in [5.74, 6) is -1.30. The van der Waals surface area contributed by atoms with Gasteiger partial charge in [-0.25, -0.2) is 14.4 Å². The number of hydrogen-bond acceptors (Lipinski definition) is 5. The maximum Gasteiger partial charge on any atom is 0.295 e. The van der Waals surface area contributed by atoms with E-state index in [1.807, 2.05) is 4.57 Å². The first-order chi connectivity index (χ1) is 14.9. The molecule has 0 spiro atoms. The van der Waals surface area contributed by atoms with Crippen LogP contribution in [0.3, 0.4) is 0 Å². The van der Waals surface area contributed by atoms with Crippen LogP contribution in [0.2, 0.25) is 0 Å². The van der Waals surface area contributed by atoms with Crippen molar-refractivity contribution in [3.63, 3.8) is 0 Å². The highest BCUT2D eigenvalue weighted by atomic mass is 19.1. The third kappa shape index (κ3) is 4.57. The summed E-state index contributed by atoms with van der Waals surface area (Å²) in [6.45, 7) is 1.49. The van der Waals surface area contributed by atoms with Gasteiger partial charge in [-0.1, -0.05) is 12.1 Å². The molecule has 3 aromatic rings. The summed E-state index contributed by atoms with van der Waals surface area (Å²) >= 11 is 0. The van der Waals surface area contributed by atoms with Crippen LogP contribution in [0.25, 0.3) is 10.9 Å². The average Bonchev–Trinajstić information content (AvgIpc) is 3.41. The van der Waals surface area contributed by atoms with Crippen molar-refractivity contribution >= 4 is 22.7 Å². The maximum absolute atomic E-state index is 13.3. The molecule has 8 nitrogen and oxygen atoms in total. The van der Waals surface area contributed by atoms with E-state index in [1.54, 1.807) is 18.3 Å². The summed E-state index contributed by atoms with van der Waals surface area (Å²) in [6.07, 6.45) is 5.06. The van der Waals surface area contributed by atoms with Gasteiger partial charge in [0.1, 0.15) is 11.5 Å². The molecule has 2 aromatic heterocycles. The number of amides is 2. The molecule has 4 rings (SSSR count). The Morgan fingerprint density at radius 1 is 1.35 bits per heavy atom. The second kappa shape index (κ2) is 8.83. The van der Waals surface area contributed by atoms with E-state index >= 15 is 0 Å². The van der Waals surface area contributed by atoms with E-state index in [2.05, 4.69) is 10.3 Å². The molecule has 1 aliphatic rings. The van der Waals surface area contributed by atoms with Gasteiger partial charge in [0.2, 0.25) is 0 Å². The van der Waals surface area contributed by atoms with Crippen molar-refractivity contribution < 1.29 is 23.9 Å². The molecule has 1 saturated heterocycles. The molecule has 0 bridgehead atoms. The van der Waals surface area contributed by atoms with E-state index in [-0.39, 0.29) is 23.5 Å². The van der Waals surface area contributed by atoms with Gasteiger partial charge in [-0.2, -0.15) is 0 Å². The van der Waals surface area contributed by atoms with Gasteiger partial charge in [0.15, 0.2) is 0 Å². The molecule has 162 valence electrons. The molecule has 0 aliphatic carbocycles. The number of rotatable bonds is 6. The zero-order valence-electron chi connectivity index (χ0n) is 17.0. The third-order valence-corrected chi connectivity index (χ3v) is 5.31. The molecule has 2 N–H and O–H groups in total. The van der Waals surface area contributed by atoms with Crippen LogP contribution in [0.5, 0.6) is 0 Å². The molecular weight excluding hydrogens is 403 g/mol. The van der Waals surface area contributed by atoms with Crippen molar-refractivity contribution in [3.05, 3.63) is 65.4 Å². The van der Waals surface area contributed by atoms with Crippen molar-refractivity contribution in [1.82, 2.24) is 19.9 Å². The number of pyridine rings is 1. The highest BCUT2D eigenvalue weighted by Gasteiger charge is 2.21. The summed E-state index contributed by atoms with van der Waals surface area (Å²) < 4.78 is 20.6. The van der Waals surface area contributed by atoms with E-state index in [9.17, 15) is 19.2 Å². The lowest BCUT2D eigenvalue weighted by atomic mass is 10.1. The number of hydroxylamine groups is 2. The van der Waals surface area contributed by atoms with Crippen LogP contribution < -0.4 is 5.32 Å². The summed E-state index contributed by atoms with van der Waals surface area (Å²) in [6, 6.07) is 7.59. The van der Waals surface area contributed by atoms with Crippen molar-refractivity contribution in [3.8, 4) is 0 Å². The molecule has 1 aromatic carbocycles. The number of aromatic nitrogens is 2. The van der Waals surface area contributed by atoms with E-state index in [4.69, 9.17) is 4.74 Å². The van der Waals surface area contributed by atoms with Crippen LogP contribution in [0.1, 0.15) is 39.3 Å². The van der Waals surface area contributed by atoms with Crippen molar-refractivity contribution in [1.29, 1.82) is 0 Å². The van der Waals surface area contributed by atoms with E-state index < -0.39 is 5.91 Å². The average molecular weight is 426 g/mol. The van der Waals surface area contributed by atoms with Crippen LogP contribution in [0, 0.1) is 5.82 Å². The molecule has 31 heavy (non-hydrogen) atoms. The number of nitrogens with one attached hydrogen (secondary N) is 1. The van der Waals surface area contributed by atoms with Gasteiger partial charge in [-0.15, -0.1) is 0 Å². The Labute approximate surface area is 178 Å². The largest absolute Gasteiger partial charge is 0.376 e. The summed E-state index contributed by atoms with van der Waals surface area (Å²) in [5.41, 5.74) is 1.89. The second-order valence-corrected chi connectivity index (χ2v) is 7.56. The summed E-state index contributed by atoms with van der Waals surface area (Å²) in [7, 11) is 1.21.